The van der Waals surface area contributed by atoms with E-state index in [0.29, 0.717) is 35.2 Å². The Morgan fingerprint density at radius 3 is 2.29 bits per heavy atom. The second-order valence-corrected chi connectivity index (χ2v) is 18.8. The molecule has 3 heterocycles. The number of aromatic nitrogens is 3. The van der Waals surface area contributed by atoms with E-state index in [2.05, 4.69) is 51.8 Å². The third-order valence-electron chi connectivity index (χ3n) is 8.92. The molecule has 1 saturated heterocycles. The van der Waals surface area contributed by atoms with Crippen LogP contribution in [0.15, 0.2) is 29.1 Å². The number of fused-ring (bicyclic) bond motifs is 1. The van der Waals surface area contributed by atoms with E-state index in [1.54, 1.807) is 12.3 Å². The van der Waals surface area contributed by atoms with Crippen LogP contribution in [0.1, 0.15) is 92.5 Å². The van der Waals surface area contributed by atoms with E-state index in [1.165, 1.54) is 10.9 Å². The molecule has 1 aliphatic heterocycles. The molecule has 41 heavy (non-hydrogen) atoms. The molecule has 3 aromatic rings. The molecule has 2 aromatic heterocycles. The molecule has 0 bridgehead atoms. The van der Waals surface area contributed by atoms with Crippen molar-refractivity contribution in [2.24, 2.45) is 0 Å². The number of oxazole rings is 1. The van der Waals surface area contributed by atoms with Crippen LogP contribution in [0.4, 0.5) is 13.2 Å². The summed E-state index contributed by atoms with van der Waals surface area (Å²) in [5.74, 6) is 0.0905. The minimum absolute atomic E-state index is 0.0456. The molecular formula is C30H45F3N4O3Si. The van der Waals surface area contributed by atoms with E-state index >= 15 is 0 Å². The van der Waals surface area contributed by atoms with Gasteiger partial charge in [-0.2, -0.15) is 13.2 Å². The molecule has 7 nitrogen and oxygen atoms in total. The summed E-state index contributed by atoms with van der Waals surface area (Å²) in [6.45, 7) is 19.1. The Kier molecular flexibility index (Phi) is 8.75. The van der Waals surface area contributed by atoms with Crippen LogP contribution in [-0.2, 0) is 11.8 Å². The fourth-order valence-corrected chi connectivity index (χ4v) is 13.4. The van der Waals surface area contributed by atoms with Crippen molar-refractivity contribution >= 4 is 24.6 Å². The summed E-state index contributed by atoms with van der Waals surface area (Å²) < 4.78 is 55.7. The second-order valence-electron chi connectivity index (χ2n) is 13.0. The van der Waals surface area contributed by atoms with Crippen LogP contribution < -0.4 is 15.6 Å². The van der Waals surface area contributed by atoms with Crippen molar-refractivity contribution < 1.29 is 27.4 Å². The molecule has 3 unspecified atom stereocenters. The minimum atomic E-state index is -4.56. The lowest BCUT2D eigenvalue weighted by atomic mass is 9.82. The molecule has 2 N–H and O–H groups in total. The molecule has 0 saturated carbocycles. The van der Waals surface area contributed by atoms with Crippen molar-refractivity contribution in [1.29, 1.82) is 0 Å². The number of halogens is 3. The zero-order chi connectivity index (χ0) is 30.5. The Morgan fingerprint density at radius 1 is 1.10 bits per heavy atom. The first-order valence-corrected chi connectivity index (χ1v) is 16.9. The quantitative estimate of drug-likeness (QED) is 0.262. The normalized spacial score (nSPS) is 22.6. The van der Waals surface area contributed by atoms with Crippen LogP contribution >= 0.6 is 0 Å². The van der Waals surface area contributed by atoms with E-state index in [4.69, 9.17) is 14.1 Å². The van der Waals surface area contributed by atoms with Crippen molar-refractivity contribution in [3.63, 3.8) is 0 Å². The Bertz CT molecular complexity index is 1330. The zero-order valence-corrected chi connectivity index (χ0v) is 26.6. The van der Waals surface area contributed by atoms with Gasteiger partial charge in [0.25, 0.3) is 0 Å². The van der Waals surface area contributed by atoms with Gasteiger partial charge >= 0.3 is 6.18 Å². The first kappa shape index (κ1) is 31.6. The van der Waals surface area contributed by atoms with Crippen molar-refractivity contribution in [3.8, 4) is 5.75 Å². The maximum atomic E-state index is 14.0. The highest BCUT2D eigenvalue weighted by Gasteiger charge is 2.50. The van der Waals surface area contributed by atoms with Crippen LogP contribution in [0.5, 0.6) is 5.75 Å². The van der Waals surface area contributed by atoms with Gasteiger partial charge in [0.1, 0.15) is 29.9 Å². The number of aliphatic hydroxyl groups is 1. The number of nitrogens with one attached hydrogen (secondary N) is 1. The first-order valence-electron chi connectivity index (χ1n) is 14.7. The van der Waals surface area contributed by atoms with E-state index in [9.17, 15) is 18.3 Å². The van der Waals surface area contributed by atoms with Crippen LogP contribution in [-0.4, -0.2) is 46.4 Å². The summed E-state index contributed by atoms with van der Waals surface area (Å²) in [5, 5.41) is 15.3. The average molecular weight is 595 g/mol. The third kappa shape index (κ3) is 5.81. The van der Waals surface area contributed by atoms with E-state index in [0.717, 1.165) is 11.6 Å². The molecule has 4 rings (SSSR count). The Labute approximate surface area is 241 Å². The van der Waals surface area contributed by atoms with Gasteiger partial charge in [-0.05, 0) is 49.9 Å². The molecule has 0 amide bonds. The van der Waals surface area contributed by atoms with Crippen LogP contribution in [0.25, 0.3) is 11.0 Å². The molecule has 1 aliphatic rings. The number of alkyl halides is 3. The first-order chi connectivity index (χ1) is 19.0. The average Bonchev–Trinajstić information content (AvgIpc) is 3.49. The predicted molar refractivity (Wildman–Crippen MR) is 157 cm³/mol. The lowest BCUT2D eigenvalue weighted by Gasteiger charge is -2.40. The topological polar surface area (TPSA) is 85.3 Å². The van der Waals surface area contributed by atoms with Gasteiger partial charge in [-0.15, -0.1) is 0 Å². The van der Waals surface area contributed by atoms with Crippen LogP contribution in [0.2, 0.25) is 16.6 Å². The predicted octanol–water partition coefficient (Wildman–Crippen LogP) is 6.92. The summed E-state index contributed by atoms with van der Waals surface area (Å²) in [6, 6.07) is 2.02. The molecule has 1 fully saturated rings. The largest absolute Gasteiger partial charge is 0.492 e. The summed E-state index contributed by atoms with van der Waals surface area (Å²) >= 11 is 0. The van der Waals surface area contributed by atoms with Crippen molar-refractivity contribution in [2.75, 3.05) is 6.61 Å². The zero-order valence-electron chi connectivity index (χ0n) is 25.6. The number of rotatable bonds is 9. The van der Waals surface area contributed by atoms with E-state index in [-0.39, 0.29) is 41.5 Å². The maximum Gasteiger partial charge on any atom is 0.418 e. The molecule has 3 atom stereocenters. The molecular weight excluding hydrogens is 549 g/mol. The highest BCUT2D eigenvalue weighted by atomic mass is 28.3. The lowest BCUT2D eigenvalue weighted by molar-refractivity contribution is -0.136. The monoisotopic (exact) mass is 594 g/mol. The van der Waals surface area contributed by atoms with Gasteiger partial charge in [-0.1, -0.05) is 41.5 Å². The third-order valence-corrected chi connectivity index (χ3v) is 15.6. The molecule has 0 spiro atoms. The summed E-state index contributed by atoms with van der Waals surface area (Å²) in [4.78, 5) is 9.17. The fourth-order valence-electron chi connectivity index (χ4n) is 7.29. The van der Waals surface area contributed by atoms with Gasteiger partial charge in [0, 0.05) is 30.6 Å². The summed E-state index contributed by atoms with van der Waals surface area (Å²) in [7, 11) is -2.15. The van der Waals surface area contributed by atoms with Gasteiger partial charge in [-0.3, -0.25) is 0 Å². The number of ether oxygens (including phenoxy) is 1. The van der Waals surface area contributed by atoms with Gasteiger partial charge in [0.2, 0.25) is 0 Å². The van der Waals surface area contributed by atoms with Crippen molar-refractivity contribution in [3.05, 3.63) is 36.0 Å². The van der Waals surface area contributed by atoms with Gasteiger partial charge < -0.3 is 24.1 Å². The molecule has 11 heteroatoms. The number of imidazole rings is 1. The van der Waals surface area contributed by atoms with Crippen LogP contribution in [0, 0.1) is 0 Å². The summed E-state index contributed by atoms with van der Waals surface area (Å²) in [5.41, 5.74) is 0.757. The Balaban J connectivity index is 1.59. The fraction of sp³-hybridized carbons (Fsp3) is 0.667. The van der Waals surface area contributed by atoms with Gasteiger partial charge in [0.15, 0.2) is 13.6 Å². The number of piperidine rings is 1. The summed E-state index contributed by atoms with van der Waals surface area (Å²) in [6.07, 6.45) is -0.798. The highest BCUT2D eigenvalue weighted by molar-refractivity contribution is 6.93. The Morgan fingerprint density at radius 2 is 1.73 bits per heavy atom. The lowest BCUT2D eigenvalue weighted by Crippen LogP contribution is -2.57. The molecule has 1 aromatic carbocycles. The van der Waals surface area contributed by atoms with E-state index < -0.39 is 25.4 Å². The number of benzene rings is 1. The number of hydrogen-bond donors (Lipinski definition) is 2. The molecule has 0 aliphatic carbocycles. The van der Waals surface area contributed by atoms with Gasteiger partial charge in [-0.25, -0.2) is 9.97 Å². The minimum Gasteiger partial charge on any atom is -0.492 e. The highest BCUT2D eigenvalue weighted by Crippen LogP contribution is 2.42. The van der Waals surface area contributed by atoms with Crippen molar-refractivity contribution in [2.45, 2.75) is 122 Å². The molecule has 0 radical (unpaired) electrons. The SMILES string of the molecule is CC1CC(O)(c2coc([Si](C(C)C)(C(C)C)C(C)C)n2)CC(COc2cc(C(F)(F)F)c3c(c2)ncn3C(C)C)N1. The number of hydrogen-bond acceptors (Lipinski definition) is 6. The smallest absolute Gasteiger partial charge is 0.418 e. The molecule has 228 valence electrons. The standard InChI is InChI=1S/C30H45F3N4O3Si/c1-17(2)37-16-34-25-11-23(10-24(27(25)37)30(31,32)33)39-14-22-13-29(38,12-21(9)35-22)26-15-40-28(36-26)41(18(3)4,19(5)6)20(7)8/h10-11,15-22,35,38H,12-14H2,1-9H3. The maximum absolute atomic E-state index is 14.0. The Hall–Kier alpha value is -2.37. The van der Waals surface area contributed by atoms with Crippen molar-refractivity contribution in [1.82, 2.24) is 19.9 Å². The number of nitrogens with zero attached hydrogens (tertiary/aromatic N) is 3. The van der Waals surface area contributed by atoms with E-state index in [1.807, 2.05) is 20.8 Å². The van der Waals surface area contributed by atoms with Crippen LogP contribution in [0.3, 0.4) is 0 Å². The van der Waals surface area contributed by atoms with Gasteiger partial charge in [0.05, 0.1) is 22.9 Å². The second kappa shape index (κ2) is 11.4.